The number of hydrogen-bond acceptors (Lipinski definition) is 3. The van der Waals surface area contributed by atoms with E-state index in [1.807, 2.05) is 11.8 Å². The van der Waals surface area contributed by atoms with E-state index in [9.17, 15) is 4.79 Å². The summed E-state index contributed by atoms with van der Waals surface area (Å²) in [5.41, 5.74) is 0. The van der Waals surface area contributed by atoms with E-state index in [1.165, 1.54) is 6.42 Å². The summed E-state index contributed by atoms with van der Waals surface area (Å²) in [6, 6.07) is 0.405. The second-order valence-electron chi connectivity index (χ2n) is 4.87. The number of thioether (sulfide) groups is 1. The molecule has 0 radical (unpaired) electrons. The van der Waals surface area contributed by atoms with Gasteiger partial charge in [0.15, 0.2) is 0 Å². The van der Waals surface area contributed by atoms with E-state index in [0.29, 0.717) is 12.5 Å². The molecule has 1 heterocycles. The molecule has 0 aromatic carbocycles. The Labute approximate surface area is 122 Å². The fraction of sp³-hybridized carbons (Fsp3) is 0.923. The van der Waals surface area contributed by atoms with Crippen LogP contribution in [0.5, 0.6) is 0 Å². The third kappa shape index (κ3) is 5.37. The van der Waals surface area contributed by atoms with Crippen LogP contribution in [-0.2, 0) is 4.79 Å². The lowest BCUT2D eigenvalue weighted by molar-refractivity contribution is -0.121. The molecule has 1 saturated heterocycles. The molecule has 2 N–H and O–H groups in total. The number of carbonyl (C=O) groups excluding carboxylic acids is 1. The third-order valence-corrected chi connectivity index (χ3v) is 5.51. The second kappa shape index (κ2) is 9.05. The van der Waals surface area contributed by atoms with Crippen LogP contribution in [-0.4, -0.2) is 36.0 Å². The lowest BCUT2D eigenvalue weighted by Gasteiger charge is -2.30. The maximum atomic E-state index is 11.8. The molecule has 0 aromatic rings. The summed E-state index contributed by atoms with van der Waals surface area (Å²) < 4.78 is 0.221. The summed E-state index contributed by atoms with van der Waals surface area (Å²) >= 11 is 1.87. The van der Waals surface area contributed by atoms with Crippen molar-refractivity contribution < 1.29 is 4.79 Å². The molecule has 3 nitrogen and oxygen atoms in total. The number of halogens is 1. The zero-order valence-corrected chi connectivity index (χ0v) is 13.4. The molecule has 1 aliphatic heterocycles. The Morgan fingerprint density at radius 2 is 2.11 bits per heavy atom. The zero-order valence-electron chi connectivity index (χ0n) is 11.8. The molecule has 0 spiro atoms. The normalized spacial score (nSPS) is 19.4. The minimum atomic E-state index is 0. The molecule has 5 heteroatoms. The van der Waals surface area contributed by atoms with Crippen LogP contribution >= 0.6 is 24.2 Å². The maximum absolute atomic E-state index is 11.8. The van der Waals surface area contributed by atoms with Crippen LogP contribution < -0.4 is 10.6 Å². The van der Waals surface area contributed by atoms with Gasteiger partial charge in [0.1, 0.15) is 0 Å². The van der Waals surface area contributed by atoms with Crippen molar-refractivity contribution in [1.82, 2.24) is 10.6 Å². The first kappa shape index (κ1) is 18.1. The smallest absolute Gasteiger partial charge is 0.221 e. The molecule has 1 rings (SSSR count). The van der Waals surface area contributed by atoms with Gasteiger partial charge in [-0.1, -0.05) is 13.8 Å². The Bertz CT molecular complexity index is 233. The predicted molar refractivity (Wildman–Crippen MR) is 82.7 cm³/mol. The average molecular weight is 295 g/mol. The van der Waals surface area contributed by atoms with Crippen molar-refractivity contribution in [3.05, 3.63) is 0 Å². The molecule has 1 unspecified atom stereocenters. The number of rotatable bonds is 7. The highest BCUT2D eigenvalue weighted by Gasteiger charge is 2.26. The lowest BCUT2D eigenvalue weighted by atomic mass is 10.0. The Morgan fingerprint density at radius 1 is 1.44 bits per heavy atom. The van der Waals surface area contributed by atoms with Crippen LogP contribution in [0.2, 0.25) is 0 Å². The number of carbonyl (C=O) groups is 1. The standard InChI is InChI=1S/C13H26N2OS.ClH/c1-4-13(5-2,17-3)10-15-12(16)9-11-7-6-8-14-11;/h11,14H,4-10H2,1-3H3,(H,15,16);1H. The van der Waals surface area contributed by atoms with Crippen LogP contribution in [0.4, 0.5) is 0 Å². The molecule has 1 amide bonds. The molecule has 0 bridgehead atoms. The summed E-state index contributed by atoms with van der Waals surface area (Å²) in [5.74, 6) is 0.199. The Balaban J connectivity index is 0.00000289. The highest BCUT2D eigenvalue weighted by molar-refractivity contribution is 8.00. The van der Waals surface area contributed by atoms with Gasteiger partial charge in [0.2, 0.25) is 5.91 Å². The van der Waals surface area contributed by atoms with Crippen LogP contribution in [0.25, 0.3) is 0 Å². The van der Waals surface area contributed by atoms with Crippen molar-refractivity contribution in [1.29, 1.82) is 0 Å². The van der Waals surface area contributed by atoms with E-state index in [2.05, 4.69) is 30.7 Å². The van der Waals surface area contributed by atoms with Gasteiger partial charge >= 0.3 is 0 Å². The topological polar surface area (TPSA) is 41.1 Å². The van der Waals surface area contributed by atoms with E-state index < -0.39 is 0 Å². The summed E-state index contributed by atoms with van der Waals surface area (Å²) in [6.45, 7) is 6.26. The number of nitrogens with one attached hydrogen (secondary N) is 2. The SMILES string of the molecule is CCC(CC)(CNC(=O)CC1CCCN1)SC.Cl. The molecule has 0 saturated carbocycles. The fourth-order valence-electron chi connectivity index (χ4n) is 2.35. The van der Waals surface area contributed by atoms with E-state index in [4.69, 9.17) is 0 Å². The quantitative estimate of drug-likeness (QED) is 0.758. The highest BCUT2D eigenvalue weighted by atomic mass is 35.5. The number of amides is 1. The summed E-state index contributed by atoms with van der Waals surface area (Å²) in [4.78, 5) is 11.8. The van der Waals surface area contributed by atoms with Gasteiger partial charge < -0.3 is 10.6 Å². The van der Waals surface area contributed by atoms with Crippen molar-refractivity contribution in [2.24, 2.45) is 0 Å². The van der Waals surface area contributed by atoms with Gasteiger partial charge in [-0.05, 0) is 38.5 Å². The third-order valence-electron chi connectivity index (χ3n) is 3.92. The van der Waals surface area contributed by atoms with Crippen LogP contribution in [0.3, 0.4) is 0 Å². The van der Waals surface area contributed by atoms with Crippen molar-refractivity contribution in [2.45, 2.75) is 56.7 Å². The average Bonchev–Trinajstić information content (AvgIpc) is 2.84. The first-order valence-electron chi connectivity index (χ1n) is 6.71. The monoisotopic (exact) mass is 294 g/mol. The van der Waals surface area contributed by atoms with Gasteiger partial charge in [0, 0.05) is 23.8 Å². The summed E-state index contributed by atoms with van der Waals surface area (Å²) in [6.07, 6.45) is 7.33. The summed E-state index contributed by atoms with van der Waals surface area (Å²) in [7, 11) is 0. The molecular weight excluding hydrogens is 268 g/mol. The molecule has 1 fully saturated rings. The van der Waals surface area contributed by atoms with Crippen LogP contribution in [0.15, 0.2) is 0 Å². The molecule has 1 aliphatic rings. The fourth-order valence-corrected chi connectivity index (χ4v) is 3.14. The van der Waals surface area contributed by atoms with Crippen molar-refractivity contribution in [2.75, 3.05) is 19.3 Å². The molecule has 18 heavy (non-hydrogen) atoms. The lowest BCUT2D eigenvalue weighted by Crippen LogP contribution is -2.41. The zero-order chi connectivity index (χ0) is 12.7. The molecule has 0 aromatic heterocycles. The van der Waals surface area contributed by atoms with Gasteiger partial charge in [0.05, 0.1) is 0 Å². The molecule has 108 valence electrons. The van der Waals surface area contributed by atoms with E-state index in [1.54, 1.807) is 0 Å². The largest absolute Gasteiger partial charge is 0.355 e. The Kier molecular flexibility index (Phi) is 9.09. The first-order valence-corrected chi connectivity index (χ1v) is 7.93. The van der Waals surface area contributed by atoms with E-state index in [0.717, 1.165) is 32.4 Å². The van der Waals surface area contributed by atoms with Gasteiger partial charge in [0.25, 0.3) is 0 Å². The minimum absolute atomic E-state index is 0. The van der Waals surface area contributed by atoms with E-state index in [-0.39, 0.29) is 23.1 Å². The Hall–Kier alpha value is 0.0700. The highest BCUT2D eigenvalue weighted by Crippen LogP contribution is 2.29. The van der Waals surface area contributed by atoms with Crippen molar-refractivity contribution >= 4 is 30.1 Å². The van der Waals surface area contributed by atoms with Gasteiger partial charge in [-0.15, -0.1) is 12.4 Å². The van der Waals surface area contributed by atoms with Crippen molar-refractivity contribution in [3.63, 3.8) is 0 Å². The first-order chi connectivity index (χ1) is 8.15. The van der Waals surface area contributed by atoms with E-state index >= 15 is 0 Å². The van der Waals surface area contributed by atoms with Crippen LogP contribution in [0, 0.1) is 0 Å². The molecule has 1 atom stereocenters. The second-order valence-corrected chi connectivity index (χ2v) is 6.14. The number of hydrogen-bond donors (Lipinski definition) is 2. The summed E-state index contributed by atoms with van der Waals surface area (Å²) in [5, 5.41) is 6.46. The van der Waals surface area contributed by atoms with Crippen molar-refractivity contribution in [3.8, 4) is 0 Å². The Morgan fingerprint density at radius 3 is 2.56 bits per heavy atom. The molecule has 0 aliphatic carbocycles. The van der Waals surface area contributed by atoms with Gasteiger partial charge in [-0.2, -0.15) is 11.8 Å². The van der Waals surface area contributed by atoms with Crippen LogP contribution in [0.1, 0.15) is 46.0 Å². The predicted octanol–water partition coefficient (Wildman–Crippen LogP) is 2.59. The minimum Gasteiger partial charge on any atom is -0.355 e. The van der Waals surface area contributed by atoms with Gasteiger partial charge in [-0.3, -0.25) is 4.79 Å². The maximum Gasteiger partial charge on any atom is 0.221 e. The van der Waals surface area contributed by atoms with Gasteiger partial charge in [-0.25, -0.2) is 0 Å². The molecular formula is C13H27ClN2OS.